The molecule has 2 unspecified atom stereocenters. The summed E-state index contributed by atoms with van der Waals surface area (Å²) in [7, 11) is 1.55. The minimum atomic E-state index is 0.346. The molecule has 1 fully saturated rings. The van der Waals surface area contributed by atoms with E-state index in [0.29, 0.717) is 22.8 Å². The van der Waals surface area contributed by atoms with E-state index in [2.05, 4.69) is 22.2 Å². The smallest absolute Gasteiger partial charge is 0.318 e. The number of hydrogen-bond donors (Lipinski definition) is 1. The standard InChI is InChI=1S/C13H20ClN3O/c1-9-5-3-4-6-10(9)7-15-12-11(14)8-16-13(17-12)18-2/h8-10H,3-7H2,1-2H3,(H,15,16,17). The third-order valence-electron chi connectivity index (χ3n) is 3.73. The summed E-state index contributed by atoms with van der Waals surface area (Å²) in [6, 6.07) is 0.346. The molecule has 0 saturated heterocycles. The van der Waals surface area contributed by atoms with Crippen LogP contribution in [-0.4, -0.2) is 23.6 Å². The Bertz CT molecular complexity index is 400. The van der Waals surface area contributed by atoms with Gasteiger partial charge in [0.2, 0.25) is 0 Å². The van der Waals surface area contributed by atoms with E-state index in [4.69, 9.17) is 16.3 Å². The highest BCUT2D eigenvalue weighted by atomic mass is 35.5. The van der Waals surface area contributed by atoms with Crippen LogP contribution in [0.5, 0.6) is 6.01 Å². The third kappa shape index (κ3) is 3.25. The maximum absolute atomic E-state index is 6.06. The van der Waals surface area contributed by atoms with Crippen molar-refractivity contribution < 1.29 is 4.74 Å². The van der Waals surface area contributed by atoms with Crippen molar-refractivity contribution in [3.8, 4) is 6.01 Å². The molecule has 0 radical (unpaired) electrons. The van der Waals surface area contributed by atoms with E-state index in [0.717, 1.165) is 12.5 Å². The summed E-state index contributed by atoms with van der Waals surface area (Å²) >= 11 is 6.06. The van der Waals surface area contributed by atoms with Crippen LogP contribution >= 0.6 is 11.6 Å². The van der Waals surface area contributed by atoms with Crippen LogP contribution in [-0.2, 0) is 0 Å². The van der Waals surface area contributed by atoms with Crippen LogP contribution in [0.2, 0.25) is 5.02 Å². The molecule has 1 aromatic rings. The van der Waals surface area contributed by atoms with E-state index in [1.54, 1.807) is 13.3 Å². The van der Waals surface area contributed by atoms with Gasteiger partial charge in [-0.15, -0.1) is 0 Å². The zero-order chi connectivity index (χ0) is 13.0. The monoisotopic (exact) mass is 269 g/mol. The molecule has 1 aliphatic rings. The zero-order valence-electron chi connectivity index (χ0n) is 10.9. The molecule has 0 spiro atoms. The summed E-state index contributed by atoms with van der Waals surface area (Å²) in [6.07, 6.45) is 6.87. The molecule has 2 atom stereocenters. The first kappa shape index (κ1) is 13.4. The number of ether oxygens (including phenoxy) is 1. The lowest BCUT2D eigenvalue weighted by atomic mass is 9.80. The van der Waals surface area contributed by atoms with Crippen molar-refractivity contribution in [1.82, 2.24) is 9.97 Å². The van der Waals surface area contributed by atoms with Crippen LogP contribution in [0.4, 0.5) is 5.82 Å². The van der Waals surface area contributed by atoms with E-state index in [1.807, 2.05) is 0 Å². The van der Waals surface area contributed by atoms with Gasteiger partial charge in [-0.1, -0.05) is 37.8 Å². The summed E-state index contributed by atoms with van der Waals surface area (Å²) in [4.78, 5) is 8.19. The first-order valence-corrected chi connectivity index (χ1v) is 6.89. The van der Waals surface area contributed by atoms with Crippen molar-refractivity contribution in [2.75, 3.05) is 19.0 Å². The molecule has 0 bridgehead atoms. The number of methoxy groups -OCH3 is 1. The second kappa shape index (κ2) is 6.23. The lowest BCUT2D eigenvalue weighted by molar-refractivity contribution is 0.268. The molecule has 1 N–H and O–H groups in total. The average molecular weight is 270 g/mol. The third-order valence-corrected chi connectivity index (χ3v) is 4.00. The van der Waals surface area contributed by atoms with Gasteiger partial charge in [-0.3, -0.25) is 0 Å². The topological polar surface area (TPSA) is 47.0 Å². The van der Waals surface area contributed by atoms with E-state index < -0.39 is 0 Å². The molecule has 0 amide bonds. The van der Waals surface area contributed by atoms with Gasteiger partial charge >= 0.3 is 6.01 Å². The maximum Gasteiger partial charge on any atom is 0.318 e. The predicted molar refractivity (Wildman–Crippen MR) is 73.2 cm³/mol. The Kier molecular flexibility index (Phi) is 4.64. The average Bonchev–Trinajstić information content (AvgIpc) is 2.39. The molecule has 1 heterocycles. The minimum absolute atomic E-state index is 0.346. The second-order valence-corrected chi connectivity index (χ2v) is 5.36. The highest BCUT2D eigenvalue weighted by Gasteiger charge is 2.21. The van der Waals surface area contributed by atoms with Crippen LogP contribution in [0.15, 0.2) is 6.20 Å². The number of nitrogens with zero attached hydrogens (tertiary/aromatic N) is 2. The number of aromatic nitrogens is 2. The Morgan fingerprint density at radius 1 is 1.44 bits per heavy atom. The van der Waals surface area contributed by atoms with Crippen LogP contribution in [0, 0.1) is 11.8 Å². The second-order valence-electron chi connectivity index (χ2n) is 4.96. The number of halogens is 1. The molecular formula is C13H20ClN3O. The van der Waals surface area contributed by atoms with Crippen LogP contribution in [0.25, 0.3) is 0 Å². The molecule has 100 valence electrons. The van der Waals surface area contributed by atoms with Gasteiger partial charge in [0, 0.05) is 6.54 Å². The Balaban J connectivity index is 1.96. The van der Waals surface area contributed by atoms with Crippen molar-refractivity contribution in [3.05, 3.63) is 11.2 Å². The van der Waals surface area contributed by atoms with Gasteiger partial charge in [-0.25, -0.2) is 4.98 Å². The van der Waals surface area contributed by atoms with Gasteiger partial charge in [0.25, 0.3) is 0 Å². The van der Waals surface area contributed by atoms with E-state index in [-0.39, 0.29) is 0 Å². The molecular weight excluding hydrogens is 250 g/mol. The molecule has 5 heteroatoms. The fourth-order valence-corrected chi connectivity index (χ4v) is 2.66. The number of rotatable bonds is 4. The molecule has 2 rings (SSSR count). The fourth-order valence-electron chi connectivity index (χ4n) is 2.50. The minimum Gasteiger partial charge on any atom is -0.467 e. The normalized spacial score (nSPS) is 23.7. The van der Waals surface area contributed by atoms with Crippen molar-refractivity contribution in [1.29, 1.82) is 0 Å². The van der Waals surface area contributed by atoms with E-state index in [1.165, 1.54) is 25.7 Å². The lowest BCUT2D eigenvalue weighted by Gasteiger charge is -2.29. The van der Waals surface area contributed by atoms with Gasteiger partial charge in [-0.2, -0.15) is 4.98 Å². The Labute approximate surface area is 113 Å². The maximum atomic E-state index is 6.06. The fraction of sp³-hybridized carbons (Fsp3) is 0.692. The number of anilines is 1. The largest absolute Gasteiger partial charge is 0.467 e. The van der Waals surface area contributed by atoms with Crippen molar-refractivity contribution >= 4 is 17.4 Å². The Hall–Kier alpha value is -1.03. The van der Waals surface area contributed by atoms with Gasteiger partial charge in [0.1, 0.15) is 5.02 Å². The number of hydrogen-bond acceptors (Lipinski definition) is 4. The molecule has 1 aromatic heterocycles. The first-order valence-electron chi connectivity index (χ1n) is 6.51. The summed E-state index contributed by atoms with van der Waals surface area (Å²) in [6.45, 7) is 3.24. The molecule has 1 aliphatic carbocycles. The lowest BCUT2D eigenvalue weighted by Crippen LogP contribution is -2.24. The van der Waals surface area contributed by atoms with Gasteiger partial charge in [0.05, 0.1) is 13.3 Å². The predicted octanol–water partition coefficient (Wildman–Crippen LogP) is 3.38. The zero-order valence-corrected chi connectivity index (χ0v) is 11.7. The quantitative estimate of drug-likeness (QED) is 0.910. The molecule has 0 aliphatic heterocycles. The van der Waals surface area contributed by atoms with Crippen LogP contribution < -0.4 is 10.1 Å². The highest BCUT2D eigenvalue weighted by molar-refractivity contribution is 6.32. The van der Waals surface area contributed by atoms with Gasteiger partial charge in [0.15, 0.2) is 5.82 Å². The Morgan fingerprint density at radius 2 is 2.22 bits per heavy atom. The molecule has 1 saturated carbocycles. The molecule has 18 heavy (non-hydrogen) atoms. The summed E-state index contributed by atoms with van der Waals surface area (Å²) in [5.74, 6) is 2.14. The van der Waals surface area contributed by atoms with E-state index in [9.17, 15) is 0 Å². The summed E-state index contributed by atoms with van der Waals surface area (Å²) in [5.41, 5.74) is 0. The van der Waals surface area contributed by atoms with Crippen molar-refractivity contribution in [2.45, 2.75) is 32.6 Å². The van der Waals surface area contributed by atoms with E-state index >= 15 is 0 Å². The van der Waals surface area contributed by atoms with Crippen LogP contribution in [0.3, 0.4) is 0 Å². The first-order chi connectivity index (χ1) is 8.70. The SMILES string of the molecule is COc1ncc(Cl)c(NCC2CCCCC2C)n1. The highest BCUT2D eigenvalue weighted by Crippen LogP contribution is 2.30. The number of nitrogens with one attached hydrogen (secondary N) is 1. The van der Waals surface area contributed by atoms with Crippen LogP contribution in [0.1, 0.15) is 32.6 Å². The summed E-state index contributed by atoms with van der Waals surface area (Å²) in [5, 5.41) is 3.87. The summed E-state index contributed by atoms with van der Waals surface area (Å²) < 4.78 is 5.00. The Morgan fingerprint density at radius 3 is 2.94 bits per heavy atom. The van der Waals surface area contributed by atoms with Gasteiger partial charge < -0.3 is 10.1 Å². The molecule has 0 aromatic carbocycles. The van der Waals surface area contributed by atoms with Crippen molar-refractivity contribution in [2.24, 2.45) is 11.8 Å². The van der Waals surface area contributed by atoms with Gasteiger partial charge in [-0.05, 0) is 18.3 Å². The van der Waals surface area contributed by atoms with Crippen molar-refractivity contribution in [3.63, 3.8) is 0 Å². The molecule has 4 nitrogen and oxygen atoms in total.